The van der Waals surface area contributed by atoms with Crippen LogP contribution in [-0.2, 0) is 0 Å². The molecule has 19 heavy (non-hydrogen) atoms. The highest BCUT2D eigenvalue weighted by molar-refractivity contribution is 5.75. The average Bonchev–Trinajstić information content (AvgIpc) is 2.72. The van der Waals surface area contributed by atoms with E-state index in [4.69, 9.17) is 4.74 Å². The lowest BCUT2D eigenvalue weighted by Crippen LogP contribution is -2.28. The van der Waals surface area contributed by atoms with Crippen LogP contribution in [0.25, 0.3) is 22.4 Å². The topological polar surface area (TPSA) is 61.3 Å². The molecule has 0 atom stereocenters. The Morgan fingerprint density at radius 1 is 1.11 bits per heavy atom. The zero-order valence-electron chi connectivity index (χ0n) is 10.3. The predicted molar refractivity (Wildman–Crippen MR) is 70.1 cm³/mol. The van der Waals surface area contributed by atoms with Crippen molar-refractivity contribution in [3.8, 4) is 17.1 Å². The number of benzene rings is 2. The number of hydrogen-bond donors (Lipinski definition) is 1. The summed E-state index contributed by atoms with van der Waals surface area (Å²) in [6.45, 7) is 0. The van der Waals surface area contributed by atoms with Crippen molar-refractivity contribution in [2.45, 2.75) is 0 Å². The van der Waals surface area contributed by atoms with E-state index in [1.807, 2.05) is 0 Å². The summed E-state index contributed by atoms with van der Waals surface area (Å²) in [4.78, 5) is 0. The normalized spacial score (nSPS) is 10.8. The zero-order valence-corrected chi connectivity index (χ0v) is 10.3. The molecule has 3 aromatic rings. The molecule has 0 aliphatic carbocycles. The minimum Gasteiger partial charge on any atom is -0.710 e. The van der Waals surface area contributed by atoms with Crippen molar-refractivity contribution in [1.82, 2.24) is 4.73 Å². The highest BCUT2D eigenvalue weighted by Crippen LogP contribution is 2.23. The van der Waals surface area contributed by atoms with Crippen molar-refractivity contribution in [3.63, 3.8) is 0 Å². The molecule has 0 radical (unpaired) electrons. The molecule has 0 spiro atoms. The SMILES string of the molecule is COc1ccc(-c2n(O)c3ccccc3[n+]2[O-])cc1. The molecule has 96 valence electrons. The first-order valence-corrected chi connectivity index (χ1v) is 5.79. The van der Waals surface area contributed by atoms with Crippen molar-refractivity contribution >= 4 is 11.0 Å². The van der Waals surface area contributed by atoms with Crippen LogP contribution in [0.4, 0.5) is 0 Å². The average molecular weight is 256 g/mol. The summed E-state index contributed by atoms with van der Waals surface area (Å²) < 4.78 is 6.70. The maximum absolute atomic E-state index is 12.2. The minimum atomic E-state index is 0.184. The van der Waals surface area contributed by atoms with E-state index in [-0.39, 0.29) is 5.82 Å². The highest BCUT2D eigenvalue weighted by atomic mass is 16.5. The quantitative estimate of drug-likeness (QED) is 0.434. The van der Waals surface area contributed by atoms with Crippen molar-refractivity contribution in [1.29, 1.82) is 0 Å². The molecule has 0 saturated carbocycles. The monoisotopic (exact) mass is 256 g/mol. The van der Waals surface area contributed by atoms with E-state index in [1.54, 1.807) is 55.6 Å². The molecule has 5 heteroatoms. The van der Waals surface area contributed by atoms with Gasteiger partial charge >= 0.3 is 5.82 Å². The Hall–Kier alpha value is -2.69. The fourth-order valence-electron chi connectivity index (χ4n) is 2.11. The third-order valence-corrected chi connectivity index (χ3v) is 3.07. The second-order valence-electron chi connectivity index (χ2n) is 4.15. The largest absolute Gasteiger partial charge is 0.710 e. The van der Waals surface area contributed by atoms with Gasteiger partial charge in [-0.25, -0.2) is 4.73 Å². The Labute approximate surface area is 109 Å². The van der Waals surface area contributed by atoms with Crippen LogP contribution in [0.15, 0.2) is 48.5 Å². The van der Waals surface area contributed by atoms with E-state index in [0.29, 0.717) is 22.3 Å². The van der Waals surface area contributed by atoms with Gasteiger partial charge in [0.2, 0.25) is 5.52 Å². The molecule has 2 aromatic carbocycles. The highest BCUT2D eigenvalue weighted by Gasteiger charge is 2.22. The molecule has 0 unspecified atom stereocenters. The number of rotatable bonds is 2. The zero-order chi connectivity index (χ0) is 13.4. The molecule has 3 rings (SSSR count). The molecule has 0 aliphatic rings. The Balaban J connectivity index is 2.24. The summed E-state index contributed by atoms with van der Waals surface area (Å²) in [5, 5.41) is 22.3. The second kappa shape index (κ2) is 4.20. The number of methoxy groups -OCH3 is 1. The summed E-state index contributed by atoms with van der Waals surface area (Å²) in [5.74, 6) is 0.880. The first-order chi connectivity index (χ1) is 9.22. The summed E-state index contributed by atoms with van der Waals surface area (Å²) >= 11 is 0. The third-order valence-electron chi connectivity index (χ3n) is 3.07. The van der Waals surface area contributed by atoms with Crippen LogP contribution in [0.3, 0.4) is 0 Å². The van der Waals surface area contributed by atoms with Gasteiger partial charge in [0.1, 0.15) is 5.75 Å². The molecule has 0 amide bonds. The van der Waals surface area contributed by atoms with Gasteiger partial charge in [-0.15, -0.1) is 0 Å². The van der Waals surface area contributed by atoms with Crippen LogP contribution in [0.5, 0.6) is 5.75 Å². The number of fused-ring (bicyclic) bond motifs is 1. The number of imidazole rings is 1. The van der Waals surface area contributed by atoms with E-state index in [9.17, 15) is 10.4 Å². The second-order valence-corrected chi connectivity index (χ2v) is 4.15. The van der Waals surface area contributed by atoms with Gasteiger partial charge in [-0.05, 0) is 41.1 Å². The maximum Gasteiger partial charge on any atom is 0.332 e. The first-order valence-electron chi connectivity index (χ1n) is 5.79. The maximum atomic E-state index is 12.2. The molecule has 5 nitrogen and oxygen atoms in total. The molecule has 0 fully saturated rings. The van der Waals surface area contributed by atoms with Crippen LogP contribution in [0.1, 0.15) is 0 Å². The van der Waals surface area contributed by atoms with Gasteiger partial charge in [-0.1, -0.05) is 12.1 Å². The van der Waals surface area contributed by atoms with Crippen molar-refractivity contribution < 1.29 is 14.7 Å². The number of hydrogen-bond acceptors (Lipinski definition) is 3. The van der Waals surface area contributed by atoms with Crippen LogP contribution in [0.2, 0.25) is 0 Å². The Bertz CT molecular complexity index is 693. The van der Waals surface area contributed by atoms with Gasteiger partial charge in [0.15, 0.2) is 5.52 Å². The fraction of sp³-hybridized carbons (Fsp3) is 0.0714. The smallest absolute Gasteiger partial charge is 0.332 e. The van der Waals surface area contributed by atoms with Crippen LogP contribution >= 0.6 is 0 Å². The summed E-state index contributed by atoms with van der Waals surface area (Å²) in [7, 11) is 1.58. The van der Waals surface area contributed by atoms with Gasteiger partial charge in [0, 0.05) is 0 Å². The molecule has 1 heterocycles. The molecular weight excluding hydrogens is 244 g/mol. The lowest BCUT2D eigenvalue weighted by molar-refractivity contribution is -0.567. The third kappa shape index (κ3) is 1.67. The summed E-state index contributed by atoms with van der Waals surface area (Å²) in [5.41, 5.74) is 1.52. The van der Waals surface area contributed by atoms with Crippen LogP contribution < -0.4 is 9.47 Å². The molecule has 0 saturated heterocycles. The van der Waals surface area contributed by atoms with E-state index in [1.165, 1.54) is 0 Å². The van der Waals surface area contributed by atoms with E-state index in [0.717, 1.165) is 9.46 Å². The fourth-order valence-corrected chi connectivity index (χ4v) is 2.11. The number of para-hydroxylation sites is 2. The van der Waals surface area contributed by atoms with Gasteiger partial charge in [-0.3, -0.25) is 0 Å². The summed E-state index contributed by atoms with van der Waals surface area (Å²) in [6, 6.07) is 13.8. The van der Waals surface area contributed by atoms with Gasteiger partial charge in [0.05, 0.1) is 12.7 Å². The lowest BCUT2D eigenvalue weighted by Gasteiger charge is -2.04. The van der Waals surface area contributed by atoms with E-state index in [2.05, 4.69) is 0 Å². The number of nitrogens with zero attached hydrogens (tertiary/aromatic N) is 2. The Morgan fingerprint density at radius 2 is 1.79 bits per heavy atom. The minimum absolute atomic E-state index is 0.184. The Morgan fingerprint density at radius 3 is 2.42 bits per heavy atom. The standard InChI is InChI=1S/C14H12N2O3/c1-19-11-8-6-10(7-9-11)14-15(17)12-4-2-3-5-13(12)16(14)18/h2-9,17H,1H3. The van der Waals surface area contributed by atoms with Crippen LogP contribution in [0, 0.1) is 5.21 Å². The number of ether oxygens (including phenoxy) is 1. The Kier molecular flexibility index (Phi) is 2.52. The van der Waals surface area contributed by atoms with Gasteiger partial charge in [-0.2, -0.15) is 0 Å². The lowest BCUT2D eigenvalue weighted by atomic mass is 10.2. The first kappa shape index (κ1) is 11.4. The molecular formula is C14H12N2O3. The molecule has 0 aliphatic heterocycles. The predicted octanol–water partition coefficient (Wildman–Crippen LogP) is 2.19. The molecule has 0 bridgehead atoms. The van der Waals surface area contributed by atoms with Gasteiger partial charge in [0.25, 0.3) is 0 Å². The molecule has 1 N–H and O–H groups in total. The van der Waals surface area contributed by atoms with Gasteiger partial charge < -0.3 is 15.2 Å². The van der Waals surface area contributed by atoms with Crippen molar-refractivity contribution in [2.75, 3.05) is 7.11 Å². The van der Waals surface area contributed by atoms with Crippen LogP contribution in [-0.4, -0.2) is 17.0 Å². The van der Waals surface area contributed by atoms with Crippen molar-refractivity contribution in [3.05, 3.63) is 53.7 Å². The summed E-state index contributed by atoms with van der Waals surface area (Å²) in [6.07, 6.45) is 0. The number of aromatic nitrogens is 2. The van der Waals surface area contributed by atoms with Crippen molar-refractivity contribution in [2.24, 2.45) is 0 Å². The molecule has 1 aromatic heterocycles. The van der Waals surface area contributed by atoms with E-state index >= 15 is 0 Å². The van der Waals surface area contributed by atoms with E-state index < -0.39 is 0 Å².